The van der Waals surface area contributed by atoms with Gasteiger partial charge in [0, 0.05) is 67.4 Å². The van der Waals surface area contributed by atoms with Gasteiger partial charge in [0.05, 0.1) is 38.8 Å². The first kappa shape index (κ1) is 30.6. The summed E-state index contributed by atoms with van der Waals surface area (Å²) in [5.41, 5.74) is 13.2. The highest BCUT2D eigenvalue weighted by molar-refractivity contribution is 6.25. The number of hydrogen-bond donors (Lipinski definition) is 0. The molecule has 5 heteroatoms. The molecule has 57 heavy (non-hydrogen) atoms. The topological polar surface area (TPSA) is 44.9 Å². The van der Waals surface area contributed by atoms with Gasteiger partial charge in [0.2, 0.25) is 0 Å². The van der Waals surface area contributed by atoms with Crippen LogP contribution in [0.15, 0.2) is 182 Å². The Morgan fingerprint density at radius 2 is 1.09 bits per heavy atom. The molecule has 5 nitrogen and oxygen atoms in total. The lowest BCUT2D eigenvalue weighted by Crippen LogP contribution is -1.99. The van der Waals surface area contributed by atoms with E-state index in [4.69, 9.17) is 14.7 Å². The van der Waals surface area contributed by atoms with Gasteiger partial charge in [-0.3, -0.25) is 9.97 Å². The maximum absolute atomic E-state index is 6.97. The molecule has 0 saturated carbocycles. The number of benzene rings is 8. The molecular formula is C52H30N4O. The summed E-state index contributed by atoms with van der Waals surface area (Å²) in [6.45, 7) is 0. The van der Waals surface area contributed by atoms with Crippen molar-refractivity contribution in [2.24, 2.45) is 0 Å². The number of para-hydroxylation sites is 3. The monoisotopic (exact) mass is 726 g/mol. The lowest BCUT2D eigenvalue weighted by atomic mass is 9.91. The standard InChI is InChI=1S/C52H30N4O/c1-2-12-34(13-3-1)55-43-20-7-5-15-38(43)49-40-17-8-16-37-36-23-21-32(29-47(36)57-48(50(37)40)30-46(49)55)31-22-24-44-41(27-31)35-14-4-6-19-42(35)56(44)45-28-33-11-9-25-53-51(33)52-39(45)18-10-26-54-52/h1-30H. The van der Waals surface area contributed by atoms with Gasteiger partial charge in [-0.05, 0) is 94.9 Å². The second-order valence-corrected chi connectivity index (χ2v) is 15.0. The minimum absolute atomic E-state index is 0.862. The van der Waals surface area contributed by atoms with E-state index < -0.39 is 0 Å². The number of aromatic nitrogens is 4. The van der Waals surface area contributed by atoms with Crippen molar-refractivity contribution in [1.82, 2.24) is 19.1 Å². The van der Waals surface area contributed by atoms with Crippen molar-refractivity contribution < 1.29 is 4.74 Å². The van der Waals surface area contributed by atoms with E-state index in [0.717, 1.165) is 83.3 Å². The number of pyridine rings is 2. The van der Waals surface area contributed by atoms with E-state index in [-0.39, 0.29) is 0 Å². The van der Waals surface area contributed by atoms with Crippen LogP contribution in [0, 0.1) is 0 Å². The first-order valence-electron chi connectivity index (χ1n) is 19.3. The lowest BCUT2D eigenvalue weighted by Gasteiger charge is -2.23. The molecule has 0 spiro atoms. The molecule has 4 aromatic heterocycles. The molecule has 0 amide bonds. The van der Waals surface area contributed by atoms with Crippen LogP contribution in [0.1, 0.15) is 0 Å². The molecule has 0 aliphatic carbocycles. The molecule has 264 valence electrons. The number of fused-ring (bicyclic) bond motifs is 12. The van der Waals surface area contributed by atoms with Crippen molar-refractivity contribution in [3.05, 3.63) is 182 Å². The molecule has 0 fully saturated rings. The Hall–Kier alpha value is -7.76. The predicted molar refractivity (Wildman–Crippen MR) is 234 cm³/mol. The minimum Gasteiger partial charge on any atom is -0.456 e. The average Bonchev–Trinajstić information content (AvgIpc) is 3.79. The fourth-order valence-corrected chi connectivity index (χ4v) is 9.54. The molecule has 0 bridgehead atoms. The second-order valence-electron chi connectivity index (χ2n) is 15.0. The van der Waals surface area contributed by atoms with Gasteiger partial charge in [0.1, 0.15) is 11.5 Å². The van der Waals surface area contributed by atoms with Gasteiger partial charge in [-0.25, -0.2) is 0 Å². The molecule has 0 atom stereocenters. The van der Waals surface area contributed by atoms with Crippen LogP contribution < -0.4 is 4.74 Å². The largest absolute Gasteiger partial charge is 0.456 e. The summed E-state index contributed by atoms with van der Waals surface area (Å²) in [4.78, 5) is 9.52. The normalized spacial score (nSPS) is 12.4. The molecule has 1 aliphatic rings. The average molecular weight is 727 g/mol. The molecule has 13 rings (SSSR count). The van der Waals surface area contributed by atoms with Crippen molar-refractivity contribution in [2.45, 2.75) is 0 Å². The Balaban J connectivity index is 0.992. The van der Waals surface area contributed by atoms with Crippen LogP contribution in [0.4, 0.5) is 0 Å². The molecule has 0 N–H and O–H groups in total. The van der Waals surface area contributed by atoms with Gasteiger partial charge in [-0.2, -0.15) is 0 Å². The fraction of sp³-hybridized carbons (Fsp3) is 0. The molecule has 1 aliphatic heterocycles. The Bertz CT molecular complexity index is 3670. The van der Waals surface area contributed by atoms with E-state index >= 15 is 0 Å². The van der Waals surface area contributed by atoms with E-state index in [2.05, 4.69) is 167 Å². The highest BCUT2D eigenvalue weighted by Gasteiger charge is 2.25. The van der Waals surface area contributed by atoms with Crippen LogP contribution in [0.5, 0.6) is 11.5 Å². The van der Waals surface area contributed by atoms with Gasteiger partial charge < -0.3 is 13.9 Å². The van der Waals surface area contributed by atoms with Crippen LogP contribution in [0.2, 0.25) is 0 Å². The van der Waals surface area contributed by atoms with Crippen LogP contribution in [-0.4, -0.2) is 19.1 Å². The van der Waals surface area contributed by atoms with E-state index in [1.165, 1.54) is 38.0 Å². The van der Waals surface area contributed by atoms with Crippen LogP contribution in [-0.2, 0) is 0 Å². The minimum atomic E-state index is 0.862. The Kier molecular flexibility index (Phi) is 6.10. The SMILES string of the molecule is c1ccc(-n2c3ccccc3c3c4cccc5c4c(cc32)Oc2cc(-c3ccc4c(c3)c3ccccc3n4-c3cc4cccnc4c4ncccc34)ccc2-5)cc1. The highest BCUT2D eigenvalue weighted by atomic mass is 16.5. The maximum atomic E-state index is 6.97. The predicted octanol–water partition coefficient (Wildman–Crippen LogP) is 13.6. The molecule has 0 saturated heterocycles. The molecule has 12 aromatic rings. The number of ether oxygens (including phenoxy) is 1. The lowest BCUT2D eigenvalue weighted by molar-refractivity contribution is 0.488. The van der Waals surface area contributed by atoms with Gasteiger partial charge in [0.15, 0.2) is 0 Å². The second kappa shape index (κ2) is 11.4. The van der Waals surface area contributed by atoms with E-state index in [0.29, 0.717) is 0 Å². The van der Waals surface area contributed by atoms with E-state index in [1.54, 1.807) is 0 Å². The summed E-state index contributed by atoms with van der Waals surface area (Å²) in [5, 5.41) is 9.36. The Labute approximate surface area is 326 Å². The number of rotatable bonds is 3. The summed E-state index contributed by atoms with van der Waals surface area (Å²) in [5.74, 6) is 1.74. The van der Waals surface area contributed by atoms with Crippen LogP contribution >= 0.6 is 0 Å². The zero-order valence-electron chi connectivity index (χ0n) is 30.5. The van der Waals surface area contributed by atoms with Crippen LogP contribution in [0.3, 0.4) is 0 Å². The third-order valence-corrected chi connectivity index (χ3v) is 12.0. The van der Waals surface area contributed by atoms with Gasteiger partial charge >= 0.3 is 0 Å². The van der Waals surface area contributed by atoms with Gasteiger partial charge in [-0.1, -0.05) is 91.0 Å². The highest BCUT2D eigenvalue weighted by Crippen LogP contribution is 2.51. The van der Waals surface area contributed by atoms with Gasteiger partial charge in [-0.15, -0.1) is 0 Å². The summed E-state index contributed by atoms with van der Waals surface area (Å²) >= 11 is 0. The van der Waals surface area contributed by atoms with Crippen molar-refractivity contribution in [2.75, 3.05) is 0 Å². The van der Waals surface area contributed by atoms with Crippen molar-refractivity contribution >= 4 is 76.2 Å². The molecule has 5 heterocycles. The summed E-state index contributed by atoms with van der Waals surface area (Å²) in [6, 6.07) is 61.0. The third-order valence-electron chi connectivity index (χ3n) is 12.0. The first-order chi connectivity index (χ1) is 28.3. The number of nitrogens with zero attached hydrogens (tertiary/aromatic N) is 4. The zero-order chi connectivity index (χ0) is 37.2. The Morgan fingerprint density at radius 1 is 0.386 bits per heavy atom. The summed E-state index contributed by atoms with van der Waals surface area (Å²) < 4.78 is 11.7. The first-order valence-corrected chi connectivity index (χ1v) is 19.3. The van der Waals surface area contributed by atoms with E-state index in [1.807, 2.05) is 24.5 Å². The molecular weight excluding hydrogens is 697 g/mol. The third kappa shape index (κ3) is 4.23. The Morgan fingerprint density at radius 3 is 1.98 bits per heavy atom. The van der Waals surface area contributed by atoms with Crippen molar-refractivity contribution in [3.8, 4) is 45.1 Å². The fourth-order valence-electron chi connectivity index (χ4n) is 9.54. The molecule has 0 radical (unpaired) electrons. The molecule has 0 unspecified atom stereocenters. The summed E-state index contributed by atoms with van der Waals surface area (Å²) in [7, 11) is 0. The van der Waals surface area contributed by atoms with Gasteiger partial charge in [0.25, 0.3) is 0 Å². The van der Waals surface area contributed by atoms with E-state index in [9.17, 15) is 0 Å². The van der Waals surface area contributed by atoms with Crippen LogP contribution in [0.25, 0.3) is 110 Å². The van der Waals surface area contributed by atoms with Crippen molar-refractivity contribution in [3.63, 3.8) is 0 Å². The number of hydrogen-bond acceptors (Lipinski definition) is 3. The zero-order valence-corrected chi connectivity index (χ0v) is 30.5. The maximum Gasteiger partial charge on any atom is 0.138 e. The quantitative estimate of drug-likeness (QED) is 0.170. The molecule has 8 aromatic carbocycles. The van der Waals surface area contributed by atoms with Crippen molar-refractivity contribution in [1.29, 1.82) is 0 Å². The summed E-state index contributed by atoms with van der Waals surface area (Å²) in [6.07, 6.45) is 3.69. The smallest absolute Gasteiger partial charge is 0.138 e.